The van der Waals surface area contributed by atoms with Gasteiger partial charge in [-0.15, -0.1) is 0 Å². The Kier molecular flexibility index (Phi) is 3.20. The zero-order chi connectivity index (χ0) is 12.0. The highest BCUT2D eigenvalue weighted by atomic mass is 31.2. The van der Waals surface area contributed by atoms with Crippen molar-refractivity contribution in [2.75, 3.05) is 13.7 Å². The first-order valence-electron chi connectivity index (χ1n) is 5.30. The van der Waals surface area contributed by atoms with E-state index in [0.717, 1.165) is 7.11 Å². The van der Waals surface area contributed by atoms with Crippen molar-refractivity contribution in [3.8, 4) is 0 Å². The average molecular weight is 250 g/mol. The minimum Gasteiger partial charge on any atom is -0.373 e. The second-order valence-electron chi connectivity index (χ2n) is 4.19. The summed E-state index contributed by atoms with van der Waals surface area (Å²) in [6.45, 7) is 2.34. The van der Waals surface area contributed by atoms with Gasteiger partial charge in [-0.25, -0.2) is 4.57 Å². The minimum absolute atomic E-state index is 0.129. The van der Waals surface area contributed by atoms with Crippen molar-refractivity contribution >= 4 is 15.7 Å². The summed E-state index contributed by atoms with van der Waals surface area (Å²) in [6.07, 6.45) is -0.166. The molecule has 8 heteroatoms. The van der Waals surface area contributed by atoms with Gasteiger partial charge in [0.15, 0.2) is 0 Å². The Morgan fingerprint density at radius 1 is 1.69 bits per heavy atom. The van der Waals surface area contributed by atoms with Crippen molar-refractivity contribution < 1.29 is 28.0 Å². The van der Waals surface area contributed by atoms with Gasteiger partial charge in [0.2, 0.25) is 0 Å². The van der Waals surface area contributed by atoms with Crippen LogP contribution in [0.15, 0.2) is 0 Å². The van der Waals surface area contributed by atoms with Crippen LogP contribution in [0.1, 0.15) is 13.3 Å². The maximum absolute atomic E-state index is 11.4. The van der Waals surface area contributed by atoms with Crippen molar-refractivity contribution in [2.45, 2.75) is 37.2 Å². The lowest BCUT2D eigenvalue weighted by molar-refractivity contribution is -0.118. The van der Waals surface area contributed by atoms with E-state index in [-0.39, 0.29) is 12.1 Å². The highest BCUT2D eigenvalue weighted by Gasteiger charge is 2.61. The Hall–Kier alpha value is 0.0949. The molecule has 2 heterocycles. The molecule has 0 aliphatic carbocycles. The first kappa shape index (κ1) is 12.5. The monoisotopic (exact) mass is 250 g/mol. The van der Waals surface area contributed by atoms with Crippen LogP contribution >= 0.6 is 7.82 Å². The number of hydrogen-bond donors (Lipinski definition) is 1. The smallest absolute Gasteiger partial charge is 0.373 e. The standard InChI is InChI=1S/C8H16BO6P/c1-3-8-4-13-5(7(9)14-8)6(8)15-16(10,11)12-2/h5-7H,3-4,9H2,1-2H3,(H,10,11)/t5?,6?,7-,8+/m1/s1. The lowest BCUT2D eigenvalue weighted by atomic mass is 9.91. The van der Waals surface area contributed by atoms with Crippen LogP contribution in [0.3, 0.4) is 0 Å². The normalized spacial score (nSPS) is 45.8. The summed E-state index contributed by atoms with van der Waals surface area (Å²) in [5, 5.41) is 0. The predicted molar refractivity (Wildman–Crippen MR) is 57.9 cm³/mol. The highest BCUT2D eigenvalue weighted by Crippen LogP contribution is 2.52. The molecule has 5 atom stereocenters. The molecule has 0 radical (unpaired) electrons. The number of rotatable bonds is 4. The molecule has 0 saturated carbocycles. The third-order valence-corrected chi connectivity index (χ3v) is 4.25. The molecule has 2 aliphatic heterocycles. The van der Waals surface area contributed by atoms with Crippen LogP contribution in [0, 0.1) is 0 Å². The molecule has 0 aromatic rings. The SMILES string of the molecule is B[C@@H]1O[C@@]2(CC)COC1C2OP(=O)(O)OC. The third kappa shape index (κ3) is 1.86. The van der Waals surface area contributed by atoms with Gasteiger partial charge in [0, 0.05) is 7.11 Å². The molecule has 3 unspecified atom stereocenters. The summed E-state index contributed by atoms with van der Waals surface area (Å²) in [5.41, 5.74) is -0.610. The second kappa shape index (κ2) is 4.08. The fourth-order valence-electron chi connectivity index (χ4n) is 2.36. The van der Waals surface area contributed by atoms with Crippen molar-refractivity contribution in [3.63, 3.8) is 0 Å². The van der Waals surface area contributed by atoms with E-state index in [9.17, 15) is 9.46 Å². The van der Waals surface area contributed by atoms with Gasteiger partial charge < -0.3 is 14.4 Å². The van der Waals surface area contributed by atoms with Crippen molar-refractivity contribution in [3.05, 3.63) is 0 Å². The topological polar surface area (TPSA) is 74.2 Å². The average Bonchev–Trinajstić information content (AvgIpc) is 2.70. The van der Waals surface area contributed by atoms with E-state index in [0.29, 0.717) is 13.0 Å². The lowest BCUT2D eigenvalue weighted by Crippen LogP contribution is -2.41. The zero-order valence-electron chi connectivity index (χ0n) is 9.58. The van der Waals surface area contributed by atoms with E-state index in [2.05, 4.69) is 4.52 Å². The second-order valence-corrected chi connectivity index (χ2v) is 5.71. The van der Waals surface area contributed by atoms with Crippen molar-refractivity contribution in [2.24, 2.45) is 0 Å². The third-order valence-electron chi connectivity index (χ3n) is 3.30. The van der Waals surface area contributed by atoms with E-state index < -0.39 is 19.5 Å². The molecule has 16 heavy (non-hydrogen) atoms. The van der Waals surface area contributed by atoms with Crippen LogP contribution in [0.5, 0.6) is 0 Å². The molecule has 1 N–H and O–H groups in total. The number of phosphoric acid groups is 1. The van der Waals surface area contributed by atoms with Gasteiger partial charge in [-0.1, -0.05) is 6.92 Å². The number of phosphoric ester groups is 1. The van der Waals surface area contributed by atoms with Gasteiger partial charge in [-0.05, 0) is 6.42 Å². The van der Waals surface area contributed by atoms with E-state index in [1.54, 1.807) is 0 Å². The largest absolute Gasteiger partial charge is 0.472 e. The maximum atomic E-state index is 11.4. The van der Waals surface area contributed by atoms with Crippen LogP contribution in [0.4, 0.5) is 0 Å². The van der Waals surface area contributed by atoms with Crippen LogP contribution < -0.4 is 0 Å². The first-order valence-corrected chi connectivity index (χ1v) is 6.80. The molecule has 2 rings (SSSR count). The predicted octanol–water partition coefficient (Wildman–Crippen LogP) is -0.345. The molecule has 0 aromatic carbocycles. The zero-order valence-corrected chi connectivity index (χ0v) is 10.5. The lowest BCUT2D eigenvalue weighted by Gasteiger charge is -2.29. The molecule has 2 fully saturated rings. The molecular formula is C8H16BO6P. The Morgan fingerprint density at radius 2 is 2.38 bits per heavy atom. The van der Waals surface area contributed by atoms with Crippen molar-refractivity contribution in [1.82, 2.24) is 0 Å². The number of fused-ring (bicyclic) bond motifs is 2. The molecule has 2 aliphatic rings. The Labute approximate surface area is 95.2 Å². The minimum atomic E-state index is -4.00. The molecule has 0 spiro atoms. The summed E-state index contributed by atoms with van der Waals surface area (Å²) in [5.74, 6) is 0. The highest BCUT2D eigenvalue weighted by molar-refractivity contribution is 7.47. The molecule has 92 valence electrons. The van der Waals surface area contributed by atoms with Crippen LogP contribution in [0.2, 0.25) is 0 Å². The van der Waals surface area contributed by atoms with Crippen LogP contribution in [-0.4, -0.2) is 50.3 Å². The first-order chi connectivity index (χ1) is 7.44. The summed E-state index contributed by atoms with van der Waals surface area (Å²) < 4.78 is 32.3. The van der Waals surface area contributed by atoms with Gasteiger partial charge in [-0.3, -0.25) is 9.05 Å². The number of ether oxygens (including phenoxy) is 2. The molecule has 0 aromatic heterocycles. The summed E-state index contributed by atoms with van der Waals surface area (Å²) >= 11 is 0. The quantitative estimate of drug-likeness (QED) is 0.543. The van der Waals surface area contributed by atoms with E-state index in [4.69, 9.17) is 14.0 Å². The Morgan fingerprint density at radius 3 is 2.88 bits per heavy atom. The van der Waals surface area contributed by atoms with Crippen molar-refractivity contribution in [1.29, 1.82) is 0 Å². The molecule has 2 saturated heterocycles. The van der Waals surface area contributed by atoms with Gasteiger partial charge in [0.05, 0.1) is 12.6 Å². The fourth-order valence-corrected chi connectivity index (χ4v) is 3.04. The fraction of sp³-hybridized carbons (Fsp3) is 1.00. The maximum Gasteiger partial charge on any atom is 0.472 e. The summed E-state index contributed by atoms with van der Waals surface area (Å²) in [6, 6.07) is -0.129. The molecule has 0 amide bonds. The number of hydrogen-bond acceptors (Lipinski definition) is 5. The molecule has 2 bridgehead atoms. The molecule has 6 nitrogen and oxygen atoms in total. The summed E-state index contributed by atoms with van der Waals surface area (Å²) in [4.78, 5) is 9.34. The van der Waals surface area contributed by atoms with Gasteiger partial charge in [0.1, 0.15) is 25.7 Å². The van der Waals surface area contributed by atoms with Gasteiger partial charge in [0.25, 0.3) is 0 Å². The van der Waals surface area contributed by atoms with Gasteiger partial charge >= 0.3 is 7.82 Å². The van der Waals surface area contributed by atoms with Crippen LogP contribution in [-0.2, 0) is 23.1 Å². The van der Waals surface area contributed by atoms with Crippen LogP contribution in [0.25, 0.3) is 0 Å². The Bertz CT molecular complexity index is 326. The Balaban J connectivity index is 2.18. The van der Waals surface area contributed by atoms with E-state index in [1.807, 2.05) is 14.8 Å². The summed E-state index contributed by atoms with van der Waals surface area (Å²) in [7, 11) is -0.992. The van der Waals surface area contributed by atoms with E-state index in [1.165, 1.54) is 0 Å². The molecular weight excluding hydrogens is 234 g/mol. The van der Waals surface area contributed by atoms with Gasteiger partial charge in [-0.2, -0.15) is 0 Å². The van der Waals surface area contributed by atoms with E-state index >= 15 is 0 Å².